The third-order valence-corrected chi connectivity index (χ3v) is 3.16. The molecule has 5 heteroatoms. The van der Waals surface area contributed by atoms with Crippen LogP contribution in [0, 0.1) is 11.6 Å². The molecule has 1 heterocycles. The average Bonchev–Trinajstić information content (AvgIpc) is 2.93. The zero-order valence-corrected chi connectivity index (χ0v) is 9.26. The molecule has 2 aromatic rings. The highest BCUT2D eigenvalue weighted by atomic mass is 79.9. The normalized spacial score (nSPS) is 16.2. The number of fused-ring (bicyclic) bond motifs is 1. The summed E-state index contributed by atoms with van der Waals surface area (Å²) < 4.78 is 28.6. The molecule has 15 heavy (non-hydrogen) atoms. The summed E-state index contributed by atoms with van der Waals surface area (Å²) in [5.74, 6) is -1.67. The molecule has 0 amide bonds. The van der Waals surface area contributed by atoms with Gasteiger partial charge in [0.2, 0.25) is 0 Å². The zero-order valence-electron chi connectivity index (χ0n) is 7.67. The molecule has 1 aliphatic carbocycles. The lowest BCUT2D eigenvalue weighted by molar-refractivity contribution is 0.510. The third kappa shape index (κ3) is 1.37. The lowest BCUT2D eigenvalue weighted by Gasteiger charge is -2.02. The first-order valence-corrected chi connectivity index (χ1v) is 5.48. The largest absolute Gasteiger partial charge is 0.315 e. The van der Waals surface area contributed by atoms with Crippen molar-refractivity contribution in [1.29, 1.82) is 0 Å². The number of nitrogens with zero attached hydrogens (tertiary/aromatic N) is 2. The van der Waals surface area contributed by atoms with Crippen LogP contribution in [0.5, 0.6) is 0 Å². The van der Waals surface area contributed by atoms with Crippen LogP contribution in [0.3, 0.4) is 0 Å². The minimum atomic E-state index is -0.851. The molecule has 1 aromatic carbocycles. The maximum atomic E-state index is 13.1. The van der Waals surface area contributed by atoms with Crippen LogP contribution in [-0.4, -0.2) is 9.55 Å². The van der Waals surface area contributed by atoms with E-state index in [1.165, 1.54) is 6.07 Å². The van der Waals surface area contributed by atoms with Gasteiger partial charge in [0.15, 0.2) is 16.4 Å². The van der Waals surface area contributed by atoms with Gasteiger partial charge in [0.05, 0.1) is 11.0 Å². The van der Waals surface area contributed by atoms with Crippen LogP contribution in [0.25, 0.3) is 11.0 Å². The number of imidazole rings is 1. The predicted octanol–water partition coefficient (Wildman–Crippen LogP) is 3.41. The van der Waals surface area contributed by atoms with E-state index < -0.39 is 11.6 Å². The van der Waals surface area contributed by atoms with Crippen LogP contribution in [-0.2, 0) is 0 Å². The average molecular weight is 273 g/mol. The molecule has 0 N–H and O–H groups in total. The maximum Gasteiger partial charge on any atom is 0.178 e. The lowest BCUT2D eigenvalue weighted by atomic mass is 10.3. The highest BCUT2D eigenvalue weighted by Gasteiger charge is 2.28. The first-order valence-electron chi connectivity index (χ1n) is 4.69. The fourth-order valence-corrected chi connectivity index (χ4v) is 2.41. The Morgan fingerprint density at radius 2 is 1.93 bits per heavy atom. The van der Waals surface area contributed by atoms with Crippen molar-refractivity contribution in [3.05, 3.63) is 28.5 Å². The van der Waals surface area contributed by atoms with Gasteiger partial charge >= 0.3 is 0 Å². The van der Waals surface area contributed by atoms with Crippen LogP contribution >= 0.6 is 15.9 Å². The van der Waals surface area contributed by atoms with Gasteiger partial charge in [-0.3, -0.25) is 0 Å². The van der Waals surface area contributed by atoms with E-state index in [1.54, 1.807) is 0 Å². The smallest absolute Gasteiger partial charge is 0.178 e. The fourth-order valence-electron chi connectivity index (χ4n) is 1.74. The Bertz CT molecular complexity index is 546. The quantitative estimate of drug-likeness (QED) is 0.778. The van der Waals surface area contributed by atoms with Gasteiger partial charge in [-0.05, 0) is 28.8 Å². The molecular formula is C10H7BrF2N2. The van der Waals surface area contributed by atoms with E-state index >= 15 is 0 Å². The first kappa shape index (κ1) is 9.27. The Balaban J connectivity index is 2.34. The minimum absolute atomic E-state index is 0.384. The van der Waals surface area contributed by atoms with E-state index in [2.05, 4.69) is 20.9 Å². The van der Waals surface area contributed by atoms with E-state index in [-0.39, 0.29) is 0 Å². The number of aromatic nitrogens is 2. The number of benzene rings is 1. The highest BCUT2D eigenvalue weighted by molar-refractivity contribution is 9.10. The van der Waals surface area contributed by atoms with E-state index in [1.807, 2.05) is 4.57 Å². The molecule has 0 atom stereocenters. The van der Waals surface area contributed by atoms with Crippen molar-refractivity contribution in [2.24, 2.45) is 0 Å². The van der Waals surface area contributed by atoms with Crippen molar-refractivity contribution in [1.82, 2.24) is 9.55 Å². The van der Waals surface area contributed by atoms with Crippen molar-refractivity contribution in [2.75, 3.05) is 0 Å². The molecule has 0 aliphatic heterocycles. The second-order valence-electron chi connectivity index (χ2n) is 3.74. The second kappa shape index (κ2) is 3.01. The highest BCUT2D eigenvalue weighted by Crippen LogP contribution is 2.40. The standard InChI is InChI=1S/C10H7BrF2N2/c11-10-14-8-3-6(12)7(13)4-9(8)15(10)5-1-2-5/h3-5H,1-2H2. The first-order chi connectivity index (χ1) is 7.16. The number of halogens is 3. The molecule has 0 saturated heterocycles. The van der Waals surface area contributed by atoms with Gasteiger partial charge < -0.3 is 4.57 Å². The Kier molecular flexibility index (Phi) is 1.86. The van der Waals surface area contributed by atoms with Crippen LogP contribution in [0.1, 0.15) is 18.9 Å². The molecule has 1 saturated carbocycles. The molecule has 0 spiro atoms. The molecule has 0 unspecified atom stereocenters. The van der Waals surface area contributed by atoms with Crippen molar-refractivity contribution in [3.8, 4) is 0 Å². The Labute approximate surface area is 93.0 Å². The third-order valence-electron chi connectivity index (χ3n) is 2.60. The number of rotatable bonds is 1. The summed E-state index contributed by atoms with van der Waals surface area (Å²) in [6.07, 6.45) is 2.14. The monoisotopic (exact) mass is 272 g/mol. The maximum absolute atomic E-state index is 13.1. The summed E-state index contributed by atoms with van der Waals surface area (Å²) in [4.78, 5) is 4.15. The topological polar surface area (TPSA) is 17.8 Å². The molecule has 1 aliphatic rings. The van der Waals surface area contributed by atoms with Gasteiger partial charge in [0.1, 0.15) is 0 Å². The van der Waals surface area contributed by atoms with Gasteiger partial charge in [-0.2, -0.15) is 0 Å². The zero-order chi connectivity index (χ0) is 10.6. The summed E-state index contributed by atoms with van der Waals surface area (Å²) in [5.41, 5.74) is 1.15. The van der Waals surface area contributed by atoms with Gasteiger partial charge in [0.25, 0.3) is 0 Å². The minimum Gasteiger partial charge on any atom is -0.315 e. The van der Waals surface area contributed by atoms with Crippen molar-refractivity contribution in [3.63, 3.8) is 0 Å². The lowest BCUT2D eigenvalue weighted by Crippen LogP contribution is -1.94. The van der Waals surface area contributed by atoms with Crippen LogP contribution in [0.2, 0.25) is 0 Å². The van der Waals surface area contributed by atoms with Gasteiger partial charge in [-0.15, -0.1) is 0 Å². The molecule has 0 radical (unpaired) electrons. The SMILES string of the molecule is Fc1cc2nc(Br)n(C3CC3)c2cc1F. The van der Waals surface area contributed by atoms with E-state index in [0.29, 0.717) is 21.8 Å². The van der Waals surface area contributed by atoms with Crippen LogP contribution < -0.4 is 0 Å². The predicted molar refractivity (Wildman–Crippen MR) is 55.6 cm³/mol. The van der Waals surface area contributed by atoms with Crippen molar-refractivity contribution >= 4 is 27.0 Å². The van der Waals surface area contributed by atoms with Gasteiger partial charge in [-0.25, -0.2) is 13.8 Å². The molecule has 1 fully saturated rings. The molecule has 1 aromatic heterocycles. The second-order valence-corrected chi connectivity index (χ2v) is 4.45. The van der Waals surface area contributed by atoms with E-state index in [0.717, 1.165) is 18.9 Å². The summed E-state index contributed by atoms with van der Waals surface area (Å²) in [5, 5.41) is 0. The number of hydrogen-bond acceptors (Lipinski definition) is 1. The summed E-state index contributed by atoms with van der Waals surface area (Å²) in [6.45, 7) is 0. The van der Waals surface area contributed by atoms with Crippen molar-refractivity contribution in [2.45, 2.75) is 18.9 Å². The Morgan fingerprint density at radius 1 is 1.27 bits per heavy atom. The van der Waals surface area contributed by atoms with Gasteiger partial charge in [-0.1, -0.05) is 0 Å². The Morgan fingerprint density at radius 3 is 2.60 bits per heavy atom. The van der Waals surface area contributed by atoms with Gasteiger partial charge in [0, 0.05) is 18.2 Å². The molecule has 3 rings (SSSR count). The van der Waals surface area contributed by atoms with E-state index in [4.69, 9.17) is 0 Å². The molecule has 0 bridgehead atoms. The van der Waals surface area contributed by atoms with E-state index in [9.17, 15) is 8.78 Å². The molecule has 78 valence electrons. The number of hydrogen-bond donors (Lipinski definition) is 0. The summed E-state index contributed by atoms with van der Waals surface area (Å²) in [6, 6.07) is 2.73. The van der Waals surface area contributed by atoms with Crippen LogP contribution in [0.15, 0.2) is 16.9 Å². The molecule has 2 nitrogen and oxygen atoms in total. The summed E-state index contributed by atoms with van der Waals surface area (Å²) in [7, 11) is 0. The van der Waals surface area contributed by atoms with Crippen LogP contribution in [0.4, 0.5) is 8.78 Å². The molecular weight excluding hydrogens is 266 g/mol. The summed E-state index contributed by atoms with van der Waals surface area (Å²) >= 11 is 3.31. The van der Waals surface area contributed by atoms with Crippen molar-refractivity contribution < 1.29 is 8.78 Å². The Hall–Kier alpha value is -0.970. The fraction of sp³-hybridized carbons (Fsp3) is 0.300.